The van der Waals surface area contributed by atoms with Gasteiger partial charge in [-0.2, -0.15) is 0 Å². The van der Waals surface area contributed by atoms with Crippen LogP contribution < -0.4 is 11.6 Å². The molecule has 1 rings (SSSR count). The van der Waals surface area contributed by atoms with Gasteiger partial charge in [0, 0.05) is 6.20 Å². The van der Waals surface area contributed by atoms with Gasteiger partial charge in [0.15, 0.2) is 0 Å². The molecule has 4 N–H and O–H groups in total. The van der Waals surface area contributed by atoms with Crippen LogP contribution in [0, 0.1) is 6.92 Å². The molecule has 0 saturated carbocycles. The lowest BCUT2D eigenvalue weighted by Crippen LogP contribution is -2.08. The Bertz CT molecular complexity index is 170. The van der Waals surface area contributed by atoms with Gasteiger partial charge in [0.05, 0.1) is 11.4 Å². The number of nitrogens with two attached hydrogens (primary N) is 2. The summed E-state index contributed by atoms with van der Waals surface area (Å²) < 4.78 is 1.50. The highest BCUT2D eigenvalue weighted by Gasteiger charge is 1.93. The zero-order valence-corrected chi connectivity index (χ0v) is 4.76. The number of aromatic nitrogens is 1. The average molecular weight is 111 g/mol. The first kappa shape index (κ1) is 5.03. The molecule has 0 spiro atoms. The summed E-state index contributed by atoms with van der Waals surface area (Å²) in [5.74, 6) is 5.38. The number of nitrogen functional groups attached to an aromatic ring is 2. The van der Waals surface area contributed by atoms with Crippen molar-refractivity contribution in [3.8, 4) is 0 Å². The van der Waals surface area contributed by atoms with E-state index in [1.165, 1.54) is 4.68 Å². The molecule has 0 amide bonds. The predicted octanol–water partition coefficient (Wildman–Crippen LogP) is 0.0925. The first-order valence-electron chi connectivity index (χ1n) is 2.40. The lowest BCUT2D eigenvalue weighted by atomic mass is 10.4. The Morgan fingerprint density at radius 3 is 2.38 bits per heavy atom. The summed E-state index contributed by atoms with van der Waals surface area (Å²) in [7, 11) is 0. The van der Waals surface area contributed by atoms with Crippen molar-refractivity contribution in [2.75, 3.05) is 11.6 Å². The van der Waals surface area contributed by atoms with Crippen LogP contribution in [0.2, 0.25) is 0 Å². The number of hydrogen-bond donors (Lipinski definition) is 2. The van der Waals surface area contributed by atoms with Crippen LogP contribution in [0.15, 0.2) is 12.3 Å². The molecule has 44 valence electrons. The Kier molecular flexibility index (Phi) is 0.901. The Morgan fingerprint density at radius 2 is 2.25 bits per heavy atom. The molecule has 0 aliphatic heterocycles. The third kappa shape index (κ3) is 0.521. The van der Waals surface area contributed by atoms with Crippen LogP contribution in [-0.2, 0) is 0 Å². The van der Waals surface area contributed by atoms with Crippen molar-refractivity contribution in [2.24, 2.45) is 0 Å². The molecule has 0 saturated heterocycles. The van der Waals surface area contributed by atoms with E-state index >= 15 is 0 Å². The highest BCUT2D eigenvalue weighted by Crippen LogP contribution is 2.06. The van der Waals surface area contributed by atoms with E-state index in [0.29, 0.717) is 0 Å². The second-order valence-corrected chi connectivity index (χ2v) is 1.76. The van der Waals surface area contributed by atoms with Crippen LogP contribution in [0.4, 0.5) is 5.69 Å². The Morgan fingerprint density at radius 1 is 1.62 bits per heavy atom. The maximum atomic E-state index is 5.44. The van der Waals surface area contributed by atoms with Gasteiger partial charge in [0.1, 0.15) is 0 Å². The van der Waals surface area contributed by atoms with Crippen LogP contribution in [0.25, 0.3) is 0 Å². The second-order valence-electron chi connectivity index (χ2n) is 1.76. The lowest BCUT2D eigenvalue weighted by Gasteiger charge is -1.93. The van der Waals surface area contributed by atoms with Gasteiger partial charge in [-0.05, 0) is 13.0 Å². The highest BCUT2D eigenvalue weighted by molar-refractivity contribution is 5.42. The molecule has 0 aromatic carbocycles. The van der Waals surface area contributed by atoms with E-state index in [1.54, 1.807) is 12.3 Å². The number of anilines is 1. The third-order valence-corrected chi connectivity index (χ3v) is 1.22. The molecule has 1 aromatic rings. The van der Waals surface area contributed by atoms with Gasteiger partial charge in [-0.25, -0.2) is 0 Å². The molecule has 3 nitrogen and oxygen atoms in total. The Labute approximate surface area is 47.9 Å². The molecule has 0 aliphatic carbocycles. The molecule has 3 heteroatoms. The van der Waals surface area contributed by atoms with Crippen molar-refractivity contribution in [3.63, 3.8) is 0 Å². The minimum atomic E-state index is 0.743. The largest absolute Gasteiger partial charge is 0.397 e. The number of nitrogens with zero attached hydrogens (tertiary/aromatic N) is 1. The van der Waals surface area contributed by atoms with Gasteiger partial charge in [-0.15, -0.1) is 0 Å². The fraction of sp³-hybridized carbons (Fsp3) is 0.200. The monoisotopic (exact) mass is 111 g/mol. The van der Waals surface area contributed by atoms with Gasteiger partial charge in [-0.3, -0.25) is 4.68 Å². The van der Waals surface area contributed by atoms with Crippen molar-refractivity contribution in [1.82, 2.24) is 4.68 Å². The molecule has 0 aliphatic rings. The summed E-state index contributed by atoms with van der Waals surface area (Å²) in [4.78, 5) is 0. The highest BCUT2D eigenvalue weighted by atomic mass is 15.3. The second kappa shape index (κ2) is 1.43. The molecule has 1 aromatic heterocycles. The molecular weight excluding hydrogens is 102 g/mol. The summed E-state index contributed by atoms with van der Waals surface area (Å²) in [6.45, 7) is 1.87. The van der Waals surface area contributed by atoms with Gasteiger partial charge in [-0.1, -0.05) is 0 Å². The lowest BCUT2D eigenvalue weighted by molar-refractivity contribution is 0.964. The van der Waals surface area contributed by atoms with Crippen LogP contribution >= 0.6 is 0 Å². The number of rotatable bonds is 0. The van der Waals surface area contributed by atoms with Crippen molar-refractivity contribution >= 4 is 5.69 Å². The first-order chi connectivity index (χ1) is 3.72. The topological polar surface area (TPSA) is 57.0 Å². The van der Waals surface area contributed by atoms with E-state index in [0.717, 1.165) is 11.4 Å². The van der Waals surface area contributed by atoms with Crippen LogP contribution in [-0.4, -0.2) is 4.68 Å². The van der Waals surface area contributed by atoms with Crippen LogP contribution in [0.3, 0.4) is 0 Å². The Balaban J connectivity index is 3.19. The SMILES string of the molecule is Cc1c(N)ccn1N. The van der Waals surface area contributed by atoms with Crippen molar-refractivity contribution in [3.05, 3.63) is 18.0 Å². The maximum Gasteiger partial charge on any atom is 0.0589 e. The molecule has 0 atom stereocenters. The zero-order valence-electron chi connectivity index (χ0n) is 4.76. The zero-order chi connectivity index (χ0) is 6.15. The maximum absolute atomic E-state index is 5.44. The van der Waals surface area contributed by atoms with Gasteiger partial charge in [0.2, 0.25) is 0 Å². The van der Waals surface area contributed by atoms with Crippen molar-refractivity contribution in [2.45, 2.75) is 6.92 Å². The molecular formula is C5H9N3. The van der Waals surface area contributed by atoms with Crippen molar-refractivity contribution < 1.29 is 0 Å². The predicted molar refractivity (Wildman–Crippen MR) is 33.7 cm³/mol. The van der Waals surface area contributed by atoms with Gasteiger partial charge < -0.3 is 11.6 Å². The Hall–Kier alpha value is -1.12. The van der Waals surface area contributed by atoms with E-state index < -0.39 is 0 Å². The van der Waals surface area contributed by atoms with Gasteiger partial charge >= 0.3 is 0 Å². The quantitative estimate of drug-likeness (QED) is 0.466. The standard InChI is InChI=1S/C5H9N3/c1-4-5(6)2-3-8(4)7/h2-3H,6-7H2,1H3. The first-order valence-corrected chi connectivity index (χ1v) is 2.40. The molecule has 0 fully saturated rings. The summed E-state index contributed by atoms with van der Waals surface area (Å²) in [5.41, 5.74) is 7.09. The fourth-order valence-electron chi connectivity index (χ4n) is 0.542. The fourth-order valence-corrected chi connectivity index (χ4v) is 0.542. The molecule has 8 heavy (non-hydrogen) atoms. The van der Waals surface area contributed by atoms with E-state index in [4.69, 9.17) is 11.6 Å². The summed E-state index contributed by atoms with van der Waals surface area (Å²) in [5, 5.41) is 0. The van der Waals surface area contributed by atoms with E-state index in [9.17, 15) is 0 Å². The minimum absolute atomic E-state index is 0.743. The smallest absolute Gasteiger partial charge is 0.0589 e. The minimum Gasteiger partial charge on any atom is -0.397 e. The van der Waals surface area contributed by atoms with Crippen LogP contribution in [0.5, 0.6) is 0 Å². The van der Waals surface area contributed by atoms with Crippen LogP contribution in [0.1, 0.15) is 5.69 Å². The summed E-state index contributed by atoms with van der Waals surface area (Å²) in [6, 6.07) is 1.77. The summed E-state index contributed by atoms with van der Waals surface area (Å²) in [6.07, 6.45) is 1.73. The average Bonchev–Trinajstić information content (AvgIpc) is 1.98. The van der Waals surface area contributed by atoms with E-state index in [2.05, 4.69) is 0 Å². The molecule has 1 heterocycles. The molecule has 0 unspecified atom stereocenters. The normalized spacial score (nSPS) is 9.62. The van der Waals surface area contributed by atoms with Gasteiger partial charge in [0.25, 0.3) is 0 Å². The summed E-state index contributed by atoms with van der Waals surface area (Å²) >= 11 is 0. The molecule has 0 bridgehead atoms. The number of hydrogen-bond acceptors (Lipinski definition) is 2. The van der Waals surface area contributed by atoms with E-state index in [1.807, 2.05) is 6.92 Å². The third-order valence-electron chi connectivity index (χ3n) is 1.22. The van der Waals surface area contributed by atoms with Crippen molar-refractivity contribution in [1.29, 1.82) is 0 Å². The molecule has 0 radical (unpaired) electrons. The van der Waals surface area contributed by atoms with E-state index in [-0.39, 0.29) is 0 Å².